The van der Waals surface area contributed by atoms with Crippen molar-refractivity contribution in [3.8, 4) is 5.75 Å². The molecule has 0 spiro atoms. The van der Waals surface area contributed by atoms with Gasteiger partial charge in [0.05, 0.1) is 16.9 Å². The first-order chi connectivity index (χ1) is 15.9. The number of hydrogen-bond acceptors (Lipinski definition) is 4. The fourth-order valence-electron chi connectivity index (χ4n) is 6.14. The van der Waals surface area contributed by atoms with Gasteiger partial charge in [0.25, 0.3) is 0 Å². The number of ether oxygens (including phenoxy) is 1. The summed E-state index contributed by atoms with van der Waals surface area (Å²) >= 11 is 12.2. The number of carbonyl (C=O) groups is 3. The zero-order chi connectivity index (χ0) is 22.9. The fraction of sp³-hybridized carbons (Fsp3) is 0.346. The molecule has 168 valence electrons. The Bertz CT molecular complexity index is 1160. The van der Waals surface area contributed by atoms with E-state index in [0.717, 1.165) is 12.0 Å². The number of amides is 2. The van der Waals surface area contributed by atoms with Crippen LogP contribution in [-0.4, -0.2) is 28.7 Å². The van der Waals surface area contributed by atoms with E-state index in [1.54, 1.807) is 6.07 Å². The summed E-state index contributed by atoms with van der Waals surface area (Å²) in [6.07, 6.45) is 5.50. The van der Waals surface area contributed by atoms with Crippen LogP contribution in [-0.2, 0) is 20.8 Å². The maximum absolute atomic E-state index is 13.6. The molecular weight excluding hydrogens is 461 g/mol. The largest absolute Gasteiger partial charge is 0.423 e. The number of hydrogen-bond donors (Lipinski definition) is 0. The second kappa shape index (κ2) is 7.71. The molecule has 1 heterocycles. The van der Waals surface area contributed by atoms with Crippen molar-refractivity contribution < 1.29 is 19.1 Å². The third-order valence-corrected chi connectivity index (χ3v) is 8.19. The number of benzene rings is 2. The molecule has 1 saturated heterocycles. The second-order valence-electron chi connectivity index (χ2n) is 9.40. The number of halogens is 2. The number of nitrogens with zero attached hydrogens (tertiary/aromatic N) is 1. The van der Waals surface area contributed by atoms with Gasteiger partial charge in [0, 0.05) is 11.4 Å². The van der Waals surface area contributed by atoms with E-state index >= 15 is 0 Å². The molecule has 1 aliphatic heterocycles. The molecule has 33 heavy (non-hydrogen) atoms. The van der Waals surface area contributed by atoms with Crippen molar-refractivity contribution >= 4 is 41.0 Å². The Labute approximate surface area is 201 Å². The average Bonchev–Trinajstić information content (AvgIpc) is 3.59. The van der Waals surface area contributed by atoms with Gasteiger partial charge in [-0.05, 0) is 53.9 Å². The lowest BCUT2D eigenvalue weighted by molar-refractivity contribution is -0.153. The maximum Gasteiger partial charge on any atom is 0.335 e. The van der Waals surface area contributed by atoms with E-state index in [1.165, 1.54) is 17.0 Å². The first-order valence-corrected chi connectivity index (χ1v) is 12.0. The highest BCUT2D eigenvalue weighted by Crippen LogP contribution is 2.65. The van der Waals surface area contributed by atoms with Crippen molar-refractivity contribution in [2.75, 3.05) is 0 Å². The topological polar surface area (TPSA) is 63.7 Å². The summed E-state index contributed by atoms with van der Waals surface area (Å²) in [5.41, 5.74) is 0.834. The van der Waals surface area contributed by atoms with Crippen LogP contribution in [0.5, 0.6) is 5.75 Å². The Morgan fingerprint density at radius 3 is 2.21 bits per heavy atom. The lowest BCUT2D eigenvalue weighted by Crippen LogP contribution is -2.48. The Morgan fingerprint density at radius 1 is 0.970 bits per heavy atom. The third-order valence-electron chi connectivity index (χ3n) is 7.66. The zero-order valence-corrected chi connectivity index (χ0v) is 19.1. The van der Waals surface area contributed by atoms with Crippen LogP contribution in [0.1, 0.15) is 12.0 Å². The summed E-state index contributed by atoms with van der Waals surface area (Å²) in [5, 5.41) is 0.598. The zero-order valence-electron chi connectivity index (χ0n) is 17.6. The molecule has 2 saturated carbocycles. The minimum atomic E-state index is -1.07. The number of carbonyl (C=O) groups excluding carboxylic acids is 3. The Morgan fingerprint density at radius 2 is 1.61 bits per heavy atom. The highest BCUT2D eigenvalue weighted by molar-refractivity contribution is 6.35. The van der Waals surface area contributed by atoms with Crippen LogP contribution in [0, 0.1) is 35.5 Å². The average molecular weight is 482 g/mol. The van der Waals surface area contributed by atoms with E-state index in [1.807, 2.05) is 30.3 Å². The Hall–Kier alpha value is -2.63. The van der Waals surface area contributed by atoms with E-state index in [4.69, 9.17) is 27.9 Å². The van der Waals surface area contributed by atoms with Gasteiger partial charge in [0.15, 0.2) is 0 Å². The quantitative estimate of drug-likeness (QED) is 0.271. The van der Waals surface area contributed by atoms with E-state index < -0.39 is 12.0 Å². The predicted octanol–water partition coefficient (Wildman–Crippen LogP) is 4.56. The summed E-state index contributed by atoms with van der Waals surface area (Å²) in [6, 6.07) is 12.8. The van der Waals surface area contributed by atoms with E-state index in [-0.39, 0.29) is 52.7 Å². The van der Waals surface area contributed by atoms with Crippen molar-refractivity contribution in [2.24, 2.45) is 35.5 Å². The van der Waals surface area contributed by atoms with Crippen molar-refractivity contribution in [3.05, 3.63) is 76.3 Å². The number of allylic oxidation sites excluding steroid dienone is 2. The van der Waals surface area contributed by atoms with Crippen molar-refractivity contribution in [3.63, 3.8) is 0 Å². The molecule has 3 fully saturated rings. The van der Waals surface area contributed by atoms with Gasteiger partial charge in [0.1, 0.15) is 11.8 Å². The number of esters is 1. The van der Waals surface area contributed by atoms with Gasteiger partial charge in [-0.2, -0.15) is 0 Å². The molecule has 2 amide bonds. The van der Waals surface area contributed by atoms with Crippen LogP contribution in [0.3, 0.4) is 0 Å². The molecule has 0 N–H and O–H groups in total. The standard InChI is InChI=1S/C26H21Cl2NO4/c27-14-6-9-21(19(28)11-14)33-26(32)20(10-13-4-2-1-3-5-13)29-24(30)22-15-7-8-16(18-12-17(15)18)23(22)25(29)31/h1-9,11,15-18,20,22-23H,10,12H2/t15-,16-,17-,18-,20-,22-,23+/m1/s1. The SMILES string of the molecule is O=C(Oc1ccc(Cl)cc1Cl)[C@@H](Cc1ccccc1)N1C(=O)[C@@H]2[C@@H]3C=C[C@H]([C@H]4C[C@H]34)[C@@H]2C1=O. The summed E-state index contributed by atoms with van der Waals surface area (Å²) in [7, 11) is 0. The molecule has 7 heteroatoms. The first kappa shape index (κ1) is 20.9. The molecular formula is C26H21Cl2NO4. The van der Waals surface area contributed by atoms with Crippen LogP contribution in [0.25, 0.3) is 0 Å². The van der Waals surface area contributed by atoms with Gasteiger partial charge in [-0.1, -0.05) is 65.7 Å². The fourth-order valence-corrected chi connectivity index (χ4v) is 6.59. The molecule has 2 aromatic rings. The molecule has 7 atom stereocenters. The molecule has 7 rings (SSSR count). The van der Waals surface area contributed by atoms with E-state index in [9.17, 15) is 14.4 Å². The van der Waals surface area contributed by atoms with Gasteiger partial charge < -0.3 is 4.74 Å². The number of likely N-dealkylation sites (tertiary alicyclic amines) is 1. The molecule has 5 aliphatic rings. The summed E-state index contributed by atoms with van der Waals surface area (Å²) in [4.78, 5) is 41.8. The van der Waals surface area contributed by atoms with Crippen molar-refractivity contribution in [1.29, 1.82) is 0 Å². The second-order valence-corrected chi connectivity index (χ2v) is 10.2. The van der Waals surface area contributed by atoms with Gasteiger partial charge >= 0.3 is 5.97 Å². The lowest BCUT2D eigenvalue weighted by atomic mass is 9.63. The lowest BCUT2D eigenvalue weighted by Gasteiger charge is -2.37. The normalized spacial score (nSPS) is 31.9. The minimum absolute atomic E-state index is 0.0885. The smallest absolute Gasteiger partial charge is 0.335 e. The van der Waals surface area contributed by atoms with Gasteiger partial charge in [-0.15, -0.1) is 0 Å². The molecule has 2 bridgehead atoms. The molecule has 0 radical (unpaired) electrons. The maximum atomic E-state index is 13.6. The summed E-state index contributed by atoms with van der Waals surface area (Å²) in [5.74, 6) is -0.642. The third kappa shape index (κ3) is 3.32. The Kier molecular flexibility index (Phi) is 4.89. The van der Waals surface area contributed by atoms with Crippen LogP contribution >= 0.6 is 23.2 Å². The predicted molar refractivity (Wildman–Crippen MR) is 123 cm³/mol. The van der Waals surface area contributed by atoms with Gasteiger partial charge in [-0.25, -0.2) is 4.79 Å². The molecule has 0 unspecified atom stereocenters. The van der Waals surface area contributed by atoms with Crippen molar-refractivity contribution in [2.45, 2.75) is 18.9 Å². The minimum Gasteiger partial charge on any atom is -0.423 e. The number of imide groups is 1. The van der Waals surface area contributed by atoms with Crippen LogP contribution in [0.15, 0.2) is 60.7 Å². The molecule has 0 aromatic heterocycles. The summed E-state index contributed by atoms with van der Waals surface area (Å²) < 4.78 is 5.60. The van der Waals surface area contributed by atoms with Crippen LogP contribution in [0.4, 0.5) is 0 Å². The van der Waals surface area contributed by atoms with E-state index in [0.29, 0.717) is 16.9 Å². The molecule has 5 nitrogen and oxygen atoms in total. The van der Waals surface area contributed by atoms with Crippen molar-refractivity contribution in [1.82, 2.24) is 4.90 Å². The van der Waals surface area contributed by atoms with Crippen LogP contribution in [0.2, 0.25) is 10.0 Å². The van der Waals surface area contributed by atoms with Gasteiger partial charge in [-0.3, -0.25) is 14.5 Å². The first-order valence-electron chi connectivity index (χ1n) is 11.2. The van der Waals surface area contributed by atoms with E-state index in [2.05, 4.69) is 12.2 Å². The van der Waals surface area contributed by atoms with Gasteiger partial charge in [0.2, 0.25) is 11.8 Å². The molecule has 4 aliphatic carbocycles. The van der Waals surface area contributed by atoms with Crippen LogP contribution < -0.4 is 4.74 Å². The highest BCUT2D eigenvalue weighted by Gasteiger charge is 2.68. The number of rotatable bonds is 5. The Balaban J connectivity index is 1.34. The molecule has 2 aromatic carbocycles. The highest BCUT2D eigenvalue weighted by atomic mass is 35.5. The monoisotopic (exact) mass is 481 g/mol. The summed E-state index contributed by atoms with van der Waals surface area (Å²) in [6.45, 7) is 0.